The van der Waals surface area contributed by atoms with Crippen LogP contribution in [0.25, 0.3) is 11.4 Å². The van der Waals surface area contributed by atoms with E-state index >= 15 is 0 Å². The van der Waals surface area contributed by atoms with Gasteiger partial charge in [-0.05, 0) is 29.8 Å². The van der Waals surface area contributed by atoms with Gasteiger partial charge in [0.05, 0.1) is 12.9 Å². The van der Waals surface area contributed by atoms with E-state index in [1.165, 1.54) is 16.8 Å². The third-order valence-electron chi connectivity index (χ3n) is 3.70. The number of ether oxygens (including phenoxy) is 1. The Bertz CT molecular complexity index is 947. The topological polar surface area (TPSA) is 95.1 Å². The smallest absolute Gasteiger partial charge is 0.230 e. The summed E-state index contributed by atoms with van der Waals surface area (Å²) < 4.78 is 19.8. The predicted octanol–water partition coefficient (Wildman–Crippen LogP) is 2.22. The van der Waals surface area contributed by atoms with Crippen LogP contribution in [0.1, 0.15) is 5.56 Å². The number of amides is 1. The lowest BCUT2D eigenvalue weighted by molar-refractivity contribution is -0.118. The Morgan fingerprint density at radius 1 is 1.26 bits per heavy atom. The van der Waals surface area contributed by atoms with E-state index in [9.17, 15) is 9.18 Å². The number of hydrogen-bond acceptors (Lipinski definition) is 6. The molecule has 0 spiro atoms. The Balaban J connectivity index is 1.56. The summed E-state index contributed by atoms with van der Waals surface area (Å²) in [4.78, 5) is 12.1. The molecule has 9 heteroatoms. The first kappa shape index (κ1) is 18.7. The van der Waals surface area contributed by atoms with Crippen LogP contribution >= 0.6 is 11.8 Å². The number of nitrogens with one attached hydrogen (secondary N) is 1. The van der Waals surface area contributed by atoms with Crippen LogP contribution in [0.5, 0.6) is 5.75 Å². The highest BCUT2D eigenvalue weighted by atomic mass is 32.2. The summed E-state index contributed by atoms with van der Waals surface area (Å²) in [5, 5.41) is 11.1. The SMILES string of the molecule is COc1cccc(CNC(=O)CSc2nnc(-c3cccc(F)c3)n2N)c1. The van der Waals surface area contributed by atoms with Gasteiger partial charge in [0.15, 0.2) is 5.82 Å². The number of carbonyl (C=O) groups is 1. The lowest BCUT2D eigenvalue weighted by atomic mass is 10.2. The number of halogens is 1. The van der Waals surface area contributed by atoms with Crippen molar-refractivity contribution in [3.05, 3.63) is 59.9 Å². The monoisotopic (exact) mass is 387 g/mol. The number of nitrogen functional groups attached to an aromatic ring is 1. The van der Waals surface area contributed by atoms with E-state index in [0.717, 1.165) is 23.1 Å². The first-order valence-corrected chi connectivity index (χ1v) is 9.04. The molecule has 0 unspecified atom stereocenters. The molecule has 27 heavy (non-hydrogen) atoms. The van der Waals surface area contributed by atoms with Gasteiger partial charge in [0, 0.05) is 12.1 Å². The van der Waals surface area contributed by atoms with Crippen molar-refractivity contribution in [1.29, 1.82) is 0 Å². The summed E-state index contributed by atoms with van der Waals surface area (Å²) in [7, 11) is 1.59. The van der Waals surface area contributed by atoms with Crippen LogP contribution in [0.4, 0.5) is 4.39 Å². The van der Waals surface area contributed by atoms with Gasteiger partial charge in [0.2, 0.25) is 11.1 Å². The van der Waals surface area contributed by atoms with E-state index in [4.69, 9.17) is 10.6 Å². The van der Waals surface area contributed by atoms with Gasteiger partial charge in [-0.2, -0.15) is 0 Å². The minimum atomic E-state index is -0.387. The summed E-state index contributed by atoms with van der Waals surface area (Å²) in [5.74, 6) is 6.60. The number of aromatic nitrogens is 3. The normalized spacial score (nSPS) is 10.6. The maximum atomic E-state index is 13.4. The molecule has 3 rings (SSSR count). The van der Waals surface area contributed by atoms with Crippen molar-refractivity contribution in [2.75, 3.05) is 18.7 Å². The Labute approximate surface area is 159 Å². The van der Waals surface area contributed by atoms with Crippen LogP contribution in [0, 0.1) is 5.82 Å². The third kappa shape index (κ3) is 4.76. The Morgan fingerprint density at radius 3 is 2.85 bits per heavy atom. The van der Waals surface area contributed by atoms with Crippen molar-refractivity contribution in [3.63, 3.8) is 0 Å². The average molecular weight is 387 g/mol. The first-order valence-electron chi connectivity index (χ1n) is 8.05. The molecule has 7 nitrogen and oxygen atoms in total. The molecule has 1 heterocycles. The highest BCUT2D eigenvalue weighted by Gasteiger charge is 2.14. The maximum Gasteiger partial charge on any atom is 0.230 e. The van der Waals surface area contributed by atoms with Crippen molar-refractivity contribution >= 4 is 17.7 Å². The van der Waals surface area contributed by atoms with E-state index in [1.54, 1.807) is 19.2 Å². The van der Waals surface area contributed by atoms with Crippen LogP contribution in [-0.2, 0) is 11.3 Å². The number of rotatable bonds is 7. The molecular formula is C18H18FN5O2S. The molecule has 3 N–H and O–H groups in total. The zero-order valence-corrected chi connectivity index (χ0v) is 15.4. The second kappa shape index (κ2) is 8.54. The van der Waals surface area contributed by atoms with E-state index in [0.29, 0.717) is 23.1 Å². The number of benzene rings is 2. The van der Waals surface area contributed by atoms with Gasteiger partial charge in [-0.3, -0.25) is 4.79 Å². The summed E-state index contributed by atoms with van der Waals surface area (Å²) in [6, 6.07) is 13.4. The molecule has 0 saturated heterocycles. The fourth-order valence-corrected chi connectivity index (χ4v) is 3.05. The molecule has 1 amide bonds. The molecule has 0 saturated carbocycles. The predicted molar refractivity (Wildman–Crippen MR) is 101 cm³/mol. The highest BCUT2D eigenvalue weighted by molar-refractivity contribution is 7.99. The van der Waals surface area contributed by atoms with Crippen molar-refractivity contribution in [1.82, 2.24) is 20.2 Å². The van der Waals surface area contributed by atoms with Crippen molar-refractivity contribution in [2.45, 2.75) is 11.7 Å². The zero-order valence-electron chi connectivity index (χ0n) is 14.6. The van der Waals surface area contributed by atoms with Crippen LogP contribution < -0.4 is 15.9 Å². The molecule has 0 aliphatic rings. The fraction of sp³-hybridized carbons (Fsp3) is 0.167. The van der Waals surface area contributed by atoms with Crippen molar-refractivity contribution in [2.24, 2.45) is 0 Å². The van der Waals surface area contributed by atoms with Gasteiger partial charge in [-0.15, -0.1) is 10.2 Å². The molecule has 1 aromatic heterocycles. The Hall–Kier alpha value is -3.07. The molecule has 140 valence electrons. The Kier molecular flexibility index (Phi) is 5.92. The quantitative estimate of drug-likeness (QED) is 0.477. The maximum absolute atomic E-state index is 13.4. The zero-order chi connectivity index (χ0) is 19.2. The molecule has 0 aliphatic carbocycles. The fourth-order valence-electron chi connectivity index (χ4n) is 2.36. The minimum Gasteiger partial charge on any atom is -0.497 e. The van der Waals surface area contributed by atoms with E-state index < -0.39 is 0 Å². The molecule has 0 radical (unpaired) electrons. The summed E-state index contributed by atoms with van der Waals surface area (Å²) >= 11 is 1.15. The third-order valence-corrected chi connectivity index (χ3v) is 4.65. The van der Waals surface area contributed by atoms with Crippen LogP contribution in [-0.4, -0.2) is 33.6 Å². The van der Waals surface area contributed by atoms with Crippen molar-refractivity contribution in [3.8, 4) is 17.1 Å². The lowest BCUT2D eigenvalue weighted by Crippen LogP contribution is -2.25. The van der Waals surface area contributed by atoms with Gasteiger partial charge < -0.3 is 15.9 Å². The van der Waals surface area contributed by atoms with Crippen molar-refractivity contribution < 1.29 is 13.9 Å². The number of nitrogens with zero attached hydrogens (tertiary/aromatic N) is 3. The van der Waals surface area contributed by atoms with Gasteiger partial charge in [-0.1, -0.05) is 36.0 Å². The second-order valence-electron chi connectivity index (χ2n) is 5.60. The Morgan fingerprint density at radius 2 is 2.07 bits per heavy atom. The molecule has 2 aromatic carbocycles. The lowest BCUT2D eigenvalue weighted by Gasteiger charge is -2.07. The number of methoxy groups -OCH3 is 1. The number of thioether (sulfide) groups is 1. The summed E-state index contributed by atoms with van der Waals surface area (Å²) in [6.45, 7) is 0.389. The summed E-state index contributed by atoms with van der Waals surface area (Å²) in [6.07, 6.45) is 0. The number of hydrogen-bond donors (Lipinski definition) is 2. The minimum absolute atomic E-state index is 0.127. The van der Waals surface area contributed by atoms with Crippen LogP contribution in [0.2, 0.25) is 0 Å². The summed E-state index contributed by atoms with van der Waals surface area (Å²) in [5.41, 5.74) is 1.45. The molecular weight excluding hydrogens is 369 g/mol. The average Bonchev–Trinajstić information content (AvgIpc) is 3.05. The van der Waals surface area contributed by atoms with E-state index in [1.807, 2.05) is 24.3 Å². The van der Waals surface area contributed by atoms with Gasteiger partial charge >= 0.3 is 0 Å². The van der Waals surface area contributed by atoms with Gasteiger partial charge in [-0.25, -0.2) is 9.07 Å². The standard InChI is InChI=1S/C18H18FN5O2S/c1-26-15-7-2-4-12(8-15)10-21-16(25)11-27-18-23-22-17(24(18)20)13-5-3-6-14(19)9-13/h2-9H,10-11,20H2,1H3,(H,21,25). The highest BCUT2D eigenvalue weighted by Crippen LogP contribution is 2.22. The molecule has 0 atom stereocenters. The van der Waals surface area contributed by atoms with Crippen LogP contribution in [0.15, 0.2) is 53.7 Å². The van der Waals surface area contributed by atoms with E-state index in [-0.39, 0.29) is 17.5 Å². The largest absolute Gasteiger partial charge is 0.497 e. The molecule has 0 bridgehead atoms. The first-order chi connectivity index (χ1) is 13.1. The van der Waals surface area contributed by atoms with Gasteiger partial charge in [0.1, 0.15) is 11.6 Å². The number of carbonyl (C=O) groups excluding carboxylic acids is 1. The molecule has 3 aromatic rings. The van der Waals surface area contributed by atoms with Crippen LogP contribution in [0.3, 0.4) is 0 Å². The number of nitrogens with two attached hydrogens (primary N) is 1. The van der Waals surface area contributed by atoms with Gasteiger partial charge in [0.25, 0.3) is 0 Å². The molecule has 0 aliphatic heterocycles. The molecule has 0 fully saturated rings. The second-order valence-corrected chi connectivity index (χ2v) is 6.55. The van der Waals surface area contributed by atoms with E-state index in [2.05, 4.69) is 15.5 Å².